The highest BCUT2D eigenvalue weighted by Gasteiger charge is 2.00. The molecule has 0 aliphatic rings. The molecule has 5 heteroatoms. The summed E-state index contributed by atoms with van der Waals surface area (Å²) in [6.07, 6.45) is 1.48. The Morgan fingerprint density at radius 1 is 1.27 bits per heavy atom. The minimum absolute atomic E-state index is 0.0676. The quantitative estimate of drug-likeness (QED) is 0.782. The lowest BCUT2D eigenvalue weighted by Crippen LogP contribution is -1.98. The minimum Gasteiger partial charge on any atom is -0.490 e. The Balaban J connectivity index is 2.41. The number of halogens is 1. The predicted molar refractivity (Wildman–Crippen MR) is 63.8 cm³/mol. The first-order chi connectivity index (χ1) is 7.14. The van der Waals surface area contributed by atoms with E-state index in [1.54, 1.807) is 0 Å². The number of ether oxygens (including phenoxy) is 1. The van der Waals surface area contributed by atoms with Crippen molar-refractivity contribution in [1.82, 2.24) is 0 Å². The van der Waals surface area contributed by atoms with Crippen LogP contribution < -0.4 is 4.74 Å². The molecule has 0 heterocycles. The Morgan fingerprint density at radius 3 is 2.53 bits per heavy atom. The molecule has 1 aromatic rings. The van der Waals surface area contributed by atoms with Crippen molar-refractivity contribution in [3.8, 4) is 5.75 Å². The number of sulfone groups is 1. The molecule has 0 bridgehead atoms. The standard InChI is InChI=1S/C10H11BrO3S/c11-9-15(12,13)8-4-7-14-10-5-2-1-3-6-10/h1-6,8H,7,9H2. The summed E-state index contributed by atoms with van der Waals surface area (Å²) >= 11 is 2.89. The Labute approximate surface area is 97.8 Å². The highest BCUT2D eigenvalue weighted by atomic mass is 79.9. The predicted octanol–water partition coefficient (Wildman–Crippen LogP) is 2.35. The zero-order valence-corrected chi connectivity index (χ0v) is 10.4. The van der Waals surface area contributed by atoms with Crippen molar-refractivity contribution in [1.29, 1.82) is 0 Å². The molecule has 0 saturated heterocycles. The topological polar surface area (TPSA) is 43.4 Å². The van der Waals surface area contributed by atoms with E-state index in [1.807, 2.05) is 30.3 Å². The second-order valence-corrected chi connectivity index (χ2v) is 5.96. The van der Waals surface area contributed by atoms with Gasteiger partial charge in [-0.05, 0) is 18.2 Å². The van der Waals surface area contributed by atoms with Crippen LogP contribution in [-0.4, -0.2) is 19.7 Å². The molecule has 1 aromatic carbocycles. The van der Waals surface area contributed by atoms with E-state index in [0.717, 1.165) is 11.2 Å². The summed E-state index contributed by atoms with van der Waals surface area (Å²) in [5.74, 6) is 0.721. The van der Waals surface area contributed by atoms with Gasteiger partial charge in [-0.2, -0.15) is 0 Å². The Morgan fingerprint density at radius 2 is 1.93 bits per heavy atom. The van der Waals surface area contributed by atoms with Crippen LogP contribution in [0.15, 0.2) is 41.8 Å². The highest BCUT2D eigenvalue weighted by molar-refractivity contribution is 9.10. The van der Waals surface area contributed by atoms with E-state index >= 15 is 0 Å². The van der Waals surface area contributed by atoms with Gasteiger partial charge in [0.1, 0.15) is 17.0 Å². The van der Waals surface area contributed by atoms with E-state index in [4.69, 9.17) is 4.74 Å². The molecular weight excluding hydrogens is 280 g/mol. The Hall–Kier alpha value is -0.810. The molecule has 0 aliphatic carbocycles. The smallest absolute Gasteiger partial charge is 0.181 e. The first-order valence-electron chi connectivity index (χ1n) is 4.27. The molecule has 0 amide bonds. The van der Waals surface area contributed by atoms with E-state index < -0.39 is 9.84 Å². The van der Waals surface area contributed by atoms with Gasteiger partial charge >= 0.3 is 0 Å². The van der Waals surface area contributed by atoms with Crippen LogP contribution in [0.25, 0.3) is 0 Å². The van der Waals surface area contributed by atoms with E-state index in [1.165, 1.54) is 6.08 Å². The fourth-order valence-electron chi connectivity index (χ4n) is 0.883. The molecule has 0 aliphatic heterocycles. The molecule has 0 saturated carbocycles. The molecular formula is C10H11BrO3S. The van der Waals surface area contributed by atoms with Gasteiger partial charge in [0.15, 0.2) is 9.84 Å². The number of rotatable bonds is 5. The van der Waals surface area contributed by atoms with Gasteiger partial charge in [-0.3, -0.25) is 0 Å². The summed E-state index contributed by atoms with van der Waals surface area (Å²) in [6.45, 7) is 0.246. The van der Waals surface area contributed by atoms with Crippen molar-refractivity contribution in [2.24, 2.45) is 0 Å². The number of alkyl halides is 1. The lowest BCUT2D eigenvalue weighted by molar-refractivity contribution is 0.363. The summed E-state index contributed by atoms with van der Waals surface area (Å²) in [6, 6.07) is 9.22. The zero-order chi connectivity index (χ0) is 11.1. The number of hydrogen-bond acceptors (Lipinski definition) is 3. The van der Waals surface area contributed by atoms with Crippen LogP contribution in [0.4, 0.5) is 0 Å². The van der Waals surface area contributed by atoms with Gasteiger partial charge in [-0.1, -0.05) is 34.1 Å². The van der Waals surface area contributed by atoms with Gasteiger partial charge in [-0.15, -0.1) is 0 Å². The zero-order valence-electron chi connectivity index (χ0n) is 7.97. The third-order valence-corrected chi connectivity index (χ3v) is 4.37. The second-order valence-electron chi connectivity index (χ2n) is 2.77. The van der Waals surface area contributed by atoms with Crippen LogP contribution in [-0.2, 0) is 9.84 Å². The molecule has 0 unspecified atom stereocenters. The summed E-state index contributed by atoms with van der Waals surface area (Å²) in [4.78, 5) is 0. The van der Waals surface area contributed by atoms with Crippen LogP contribution in [0.1, 0.15) is 0 Å². The van der Waals surface area contributed by atoms with Gasteiger partial charge < -0.3 is 4.74 Å². The fraction of sp³-hybridized carbons (Fsp3) is 0.200. The third-order valence-electron chi connectivity index (χ3n) is 1.55. The maximum absolute atomic E-state index is 11.0. The summed E-state index contributed by atoms with van der Waals surface area (Å²) in [7, 11) is -3.12. The SMILES string of the molecule is O=S(=O)(C=CCOc1ccccc1)CBr. The van der Waals surface area contributed by atoms with Gasteiger partial charge in [0.05, 0.1) is 0 Å². The van der Waals surface area contributed by atoms with Crippen LogP contribution in [0.5, 0.6) is 5.75 Å². The van der Waals surface area contributed by atoms with Crippen molar-refractivity contribution in [2.45, 2.75) is 0 Å². The van der Waals surface area contributed by atoms with Crippen molar-refractivity contribution < 1.29 is 13.2 Å². The maximum atomic E-state index is 11.0. The number of para-hydroxylation sites is 1. The summed E-state index contributed by atoms with van der Waals surface area (Å²) in [5, 5.41) is 1.14. The molecule has 82 valence electrons. The van der Waals surface area contributed by atoms with Gasteiger partial charge in [-0.25, -0.2) is 8.42 Å². The van der Waals surface area contributed by atoms with E-state index in [2.05, 4.69) is 15.9 Å². The van der Waals surface area contributed by atoms with Crippen LogP contribution in [0, 0.1) is 0 Å². The molecule has 15 heavy (non-hydrogen) atoms. The van der Waals surface area contributed by atoms with Crippen molar-refractivity contribution in [2.75, 3.05) is 11.3 Å². The highest BCUT2D eigenvalue weighted by Crippen LogP contribution is 2.08. The molecule has 0 aromatic heterocycles. The lowest BCUT2D eigenvalue weighted by Gasteiger charge is -2.01. The van der Waals surface area contributed by atoms with Crippen molar-refractivity contribution >= 4 is 25.8 Å². The molecule has 0 fully saturated rings. The lowest BCUT2D eigenvalue weighted by atomic mass is 10.3. The average molecular weight is 291 g/mol. The number of benzene rings is 1. The van der Waals surface area contributed by atoms with Crippen LogP contribution in [0.2, 0.25) is 0 Å². The third kappa shape index (κ3) is 4.99. The number of hydrogen-bond donors (Lipinski definition) is 0. The normalized spacial score (nSPS) is 11.8. The average Bonchev–Trinajstić information content (AvgIpc) is 2.26. The molecule has 3 nitrogen and oxygen atoms in total. The van der Waals surface area contributed by atoms with Gasteiger partial charge in [0.25, 0.3) is 0 Å². The molecule has 0 atom stereocenters. The summed E-state index contributed by atoms with van der Waals surface area (Å²) in [5.41, 5.74) is 0. The van der Waals surface area contributed by atoms with Crippen molar-refractivity contribution in [3.63, 3.8) is 0 Å². The minimum atomic E-state index is -3.12. The van der Waals surface area contributed by atoms with Crippen LogP contribution in [0.3, 0.4) is 0 Å². The first-order valence-corrected chi connectivity index (χ1v) is 7.11. The second kappa shape index (κ2) is 5.92. The maximum Gasteiger partial charge on any atom is 0.181 e. The van der Waals surface area contributed by atoms with Crippen molar-refractivity contribution in [3.05, 3.63) is 41.8 Å². The van der Waals surface area contributed by atoms with Gasteiger partial charge in [0, 0.05) is 5.41 Å². The molecule has 0 spiro atoms. The first kappa shape index (κ1) is 12.3. The van der Waals surface area contributed by atoms with E-state index in [-0.39, 0.29) is 11.3 Å². The monoisotopic (exact) mass is 290 g/mol. The molecule has 1 rings (SSSR count). The fourth-order valence-corrected chi connectivity index (χ4v) is 1.79. The molecule has 0 N–H and O–H groups in total. The summed E-state index contributed by atoms with van der Waals surface area (Å²) < 4.78 is 27.3. The van der Waals surface area contributed by atoms with Crippen LogP contribution >= 0.6 is 15.9 Å². The van der Waals surface area contributed by atoms with E-state index in [9.17, 15) is 8.42 Å². The largest absolute Gasteiger partial charge is 0.490 e. The Kier molecular flexibility index (Phi) is 4.84. The Bertz CT molecular complexity index is 412. The van der Waals surface area contributed by atoms with Gasteiger partial charge in [0.2, 0.25) is 0 Å². The molecule has 0 radical (unpaired) electrons. The van der Waals surface area contributed by atoms with E-state index in [0.29, 0.717) is 0 Å².